The van der Waals surface area contributed by atoms with Crippen LogP contribution in [0.3, 0.4) is 0 Å². The van der Waals surface area contributed by atoms with Crippen molar-refractivity contribution in [2.45, 2.75) is 45.2 Å². The van der Waals surface area contributed by atoms with Gasteiger partial charge in [-0.25, -0.2) is 15.2 Å². The molecule has 0 saturated carbocycles. The predicted octanol–water partition coefficient (Wildman–Crippen LogP) is 2.49. The van der Waals surface area contributed by atoms with Gasteiger partial charge in [0.15, 0.2) is 0 Å². The number of carbonyl (C=O) groups excluding carboxylic acids is 3. The fraction of sp³-hybridized carbons (Fsp3) is 0.333. The van der Waals surface area contributed by atoms with Crippen molar-refractivity contribution in [2.75, 3.05) is 0 Å². The van der Waals surface area contributed by atoms with Crippen molar-refractivity contribution in [3.63, 3.8) is 0 Å². The van der Waals surface area contributed by atoms with Gasteiger partial charge in [-0.15, -0.1) is 0 Å². The van der Waals surface area contributed by atoms with Gasteiger partial charge >= 0.3 is 6.03 Å². The molecule has 0 spiro atoms. The Morgan fingerprint density at radius 3 is 2.33 bits per heavy atom. The van der Waals surface area contributed by atoms with Gasteiger partial charge in [0.2, 0.25) is 0 Å². The molecule has 4 N–H and O–H groups in total. The van der Waals surface area contributed by atoms with Crippen molar-refractivity contribution >= 4 is 23.6 Å². The molecule has 1 saturated heterocycles. The SMILES string of the molecule is CC(C)C(C(=O)NO)N1C(=O)NC(CCc2ccc(/C(Cc3ccccc3)=N/O)cc2)C1=O. The monoisotopic (exact) mass is 452 g/mol. The van der Waals surface area contributed by atoms with Crippen LogP contribution < -0.4 is 10.8 Å². The van der Waals surface area contributed by atoms with Crippen LogP contribution in [0, 0.1) is 5.92 Å². The Morgan fingerprint density at radius 2 is 1.76 bits per heavy atom. The number of hydroxylamine groups is 1. The van der Waals surface area contributed by atoms with Crippen LogP contribution in [0.15, 0.2) is 59.8 Å². The Balaban J connectivity index is 1.63. The molecular formula is C24H28N4O5. The third-order valence-electron chi connectivity index (χ3n) is 5.68. The van der Waals surface area contributed by atoms with E-state index in [1.807, 2.05) is 54.6 Å². The molecule has 2 aromatic rings. The number of carbonyl (C=O) groups is 3. The van der Waals surface area contributed by atoms with Crippen molar-refractivity contribution < 1.29 is 24.8 Å². The minimum absolute atomic E-state index is 0.358. The Labute approximate surface area is 192 Å². The number of rotatable bonds is 9. The first-order chi connectivity index (χ1) is 15.8. The normalized spacial score (nSPS) is 17.3. The lowest BCUT2D eigenvalue weighted by molar-refractivity contribution is -0.142. The van der Waals surface area contributed by atoms with Gasteiger partial charge in [-0.05, 0) is 35.4 Å². The quantitative estimate of drug-likeness (QED) is 0.153. The van der Waals surface area contributed by atoms with E-state index >= 15 is 0 Å². The molecule has 9 nitrogen and oxygen atoms in total. The standard InChI is InChI=1S/C24H28N4O5/c1-15(2)21(22(29)27-33)28-23(30)19(25-24(28)31)13-10-16-8-11-18(12-9-16)20(26-32)14-17-6-4-3-5-7-17/h3-9,11-12,15,19,21,32-33H,10,13-14H2,1-2H3,(H,25,31)(H,27,29)/b26-20+. The van der Waals surface area contributed by atoms with Crippen LogP contribution in [0.2, 0.25) is 0 Å². The highest BCUT2D eigenvalue weighted by molar-refractivity contribution is 6.07. The number of aryl methyl sites for hydroxylation is 1. The lowest BCUT2D eigenvalue weighted by Crippen LogP contribution is -2.52. The van der Waals surface area contributed by atoms with Gasteiger partial charge in [0.05, 0.1) is 5.71 Å². The first-order valence-electron chi connectivity index (χ1n) is 10.8. The molecule has 2 atom stereocenters. The van der Waals surface area contributed by atoms with E-state index in [1.54, 1.807) is 13.8 Å². The molecular weight excluding hydrogens is 424 g/mol. The summed E-state index contributed by atoms with van der Waals surface area (Å²) in [6.07, 6.45) is 1.37. The molecule has 1 fully saturated rings. The van der Waals surface area contributed by atoms with Crippen LogP contribution in [0.4, 0.5) is 4.79 Å². The lowest BCUT2D eigenvalue weighted by atomic mass is 9.98. The number of hydrogen-bond acceptors (Lipinski definition) is 6. The van der Waals surface area contributed by atoms with Crippen LogP contribution in [-0.4, -0.2) is 51.0 Å². The van der Waals surface area contributed by atoms with E-state index in [4.69, 9.17) is 5.21 Å². The maximum atomic E-state index is 12.8. The maximum absolute atomic E-state index is 12.8. The molecule has 0 radical (unpaired) electrons. The molecule has 33 heavy (non-hydrogen) atoms. The summed E-state index contributed by atoms with van der Waals surface area (Å²) in [5.41, 5.74) is 4.84. The van der Waals surface area contributed by atoms with Gasteiger partial charge < -0.3 is 10.5 Å². The Morgan fingerprint density at radius 1 is 1.09 bits per heavy atom. The molecule has 1 aliphatic rings. The largest absolute Gasteiger partial charge is 0.411 e. The van der Waals surface area contributed by atoms with E-state index < -0.39 is 29.9 Å². The van der Waals surface area contributed by atoms with Crippen molar-refractivity contribution in [3.05, 3.63) is 71.3 Å². The van der Waals surface area contributed by atoms with Gasteiger partial charge in [0, 0.05) is 6.42 Å². The molecule has 1 heterocycles. The van der Waals surface area contributed by atoms with Crippen LogP contribution in [-0.2, 0) is 22.4 Å². The van der Waals surface area contributed by atoms with Gasteiger partial charge in [-0.2, -0.15) is 0 Å². The summed E-state index contributed by atoms with van der Waals surface area (Å²) in [7, 11) is 0. The third kappa shape index (κ3) is 5.56. The summed E-state index contributed by atoms with van der Waals surface area (Å²) in [6.45, 7) is 3.38. The number of oxime groups is 1. The van der Waals surface area contributed by atoms with Crippen LogP contribution in [0.25, 0.3) is 0 Å². The minimum atomic E-state index is -1.09. The van der Waals surface area contributed by atoms with Crippen molar-refractivity contribution in [1.29, 1.82) is 0 Å². The number of nitrogens with one attached hydrogen (secondary N) is 2. The summed E-state index contributed by atoms with van der Waals surface area (Å²) < 4.78 is 0. The highest BCUT2D eigenvalue weighted by atomic mass is 16.5. The molecule has 2 unspecified atom stereocenters. The number of benzene rings is 2. The summed E-state index contributed by atoms with van der Waals surface area (Å²) in [5, 5.41) is 24.5. The van der Waals surface area contributed by atoms with Crippen LogP contribution >= 0.6 is 0 Å². The Kier molecular flexibility index (Phi) is 7.78. The molecule has 0 bridgehead atoms. The number of imide groups is 1. The molecule has 0 aromatic heterocycles. The lowest BCUT2D eigenvalue weighted by Gasteiger charge is -2.26. The Hall–Kier alpha value is -3.72. The second-order valence-electron chi connectivity index (χ2n) is 8.32. The zero-order chi connectivity index (χ0) is 24.0. The van der Waals surface area contributed by atoms with E-state index in [-0.39, 0.29) is 5.92 Å². The fourth-order valence-electron chi connectivity index (χ4n) is 3.95. The maximum Gasteiger partial charge on any atom is 0.325 e. The molecule has 9 heteroatoms. The van der Waals surface area contributed by atoms with Crippen molar-refractivity contribution in [3.8, 4) is 0 Å². The zero-order valence-electron chi connectivity index (χ0n) is 18.6. The second kappa shape index (κ2) is 10.7. The van der Waals surface area contributed by atoms with Gasteiger partial charge in [-0.1, -0.05) is 73.6 Å². The minimum Gasteiger partial charge on any atom is -0.411 e. The average molecular weight is 453 g/mol. The third-order valence-corrected chi connectivity index (χ3v) is 5.68. The highest BCUT2D eigenvalue weighted by Gasteiger charge is 2.45. The van der Waals surface area contributed by atoms with E-state index in [0.29, 0.717) is 25.0 Å². The number of nitrogens with zero attached hydrogens (tertiary/aromatic N) is 2. The van der Waals surface area contributed by atoms with Gasteiger partial charge in [-0.3, -0.25) is 14.8 Å². The zero-order valence-corrected chi connectivity index (χ0v) is 18.6. The van der Waals surface area contributed by atoms with Crippen LogP contribution in [0.5, 0.6) is 0 Å². The molecule has 2 aromatic carbocycles. The fourth-order valence-corrected chi connectivity index (χ4v) is 3.95. The first kappa shape index (κ1) is 23.9. The van der Waals surface area contributed by atoms with Crippen LogP contribution in [0.1, 0.15) is 37.0 Å². The van der Waals surface area contributed by atoms with E-state index in [2.05, 4.69) is 10.5 Å². The first-order valence-corrected chi connectivity index (χ1v) is 10.8. The van der Waals surface area contributed by atoms with Crippen molar-refractivity contribution in [1.82, 2.24) is 15.7 Å². The molecule has 3 rings (SSSR count). The van der Waals surface area contributed by atoms with E-state index in [9.17, 15) is 19.6 Å². The highest BCUT2D eigenvalue weighted by Crippen LogP contribution is 2.20. The van der Waals surface area contributed by atoms with Crippen molar-refractivity contribution in [2.24, 2.45) is 11.1 Å². The summed E-state index contributed by atoms with van der Waals surface area (Å²) >= 11 is 0. The molecule has 4 amide bonds. The number of urea groups is 1. The Bertz CT molecular complexity index is 1020. The van der Waals surface area contributed by atoms with Gasteiger partial charge in [0.1, 0.15) is 12.1 Å². The number of amides is 4. The molecule has 174 valence electrons. The van der Waals surface area contributed by atoms with E-state index in [1.165, 1.54) is 5.48 Å². The topological polar surface area (TPSA) is 131 Å². The van der Waals surface area contributed by atoms with E-state index in [0.717, 1.165) is 21.6 Å². The summed E-state index contributed by atoms with van der Waals surface area (Å²) in [5.74, 6) is -1.66. The second-order valence-corrected chi connectivity index (χ2v) is 8.32. The van der Waals surface area contributed by atoms with Gasteiger partial charge in [0.25, 0.3) is 11.8 Å². The smallest absolute Gasteiger partial charge is 0.325 e. The molecule has 1 aliphatic heterocycles. The molecule has 0 aliphatic carbocycles. The summed E-state index contributed by atoms with van der Waals surface area (Å²) in [4.78, 5) is 38.0. The average Bonchev–Trinajstić information content (AvgIpc) is 3.10. The number of hydrogen-bond donors (Lipinski definition) is 4. The summed E-state index contributed by atoms with van der Waals surface area (Å²) in [6, 6.07) is 14.7. The predicted molar refractivity (Wildman–Crippen MR) is 121 cm³/mol.